The van der Waals surface area contributed by atoms with Gasteiger partial charge in [0.25, 0.3) is 0 Å². The lowest BCUT2D eigenvalue weighted by Crippen LogP contribution is -2.44. The molecule has 0 aliphatic heterocycles. The monoisotopic (exact) mass is 279 g/mol. The Bertz CT molecular complexity index is 421. The van der Waals surface area contributed by atoms with Crippen LogP contribution in [0.5, 0.6) is 0 Å². The number of aliphatic hydroxyl groups excluding tert-OH is 2. The molecule has 1 amide bonds. The molecule has 0 radical (unpaired) electrons. The van der Waals surface area contributed by atoms with Gasteiger partial charge in [-0.05, 0) is 18.9 Å². The van der Waals surface area contributed by atoms with Crippen LogP contribution in [0.1, 0.15) is 38.9 Å². The zero-order valence-corrected chi connectivity index (χ0v) is 12.7. The predicted octanol–water partition coefficient (Wildman–Crippen LogP) is 1.97. The average molecular weight is 279 g/mol. The molecule has 20 heavy (non-hydrogen) atoms. The van der Waals surface area contributed by atoms with Gasteiger partial charge in [-0.3, -0.25) is 4.79 Å². The first-order valence-electron chi connectivity index (χ1n) is 7.07. The van der Waals surface area contributed by atoms with E-state index in [1.54, 1.807) is 20.9 Å². The van der Waals surface area contributed by atoms with Crippen LogP contribution in [0.2, 0.25) is 0 Å². The summed E-state index contributed by atoms with van der Waals surface area (Å²) in [6, 6.07) is 8.92. The van der Waals surface area contributed by atoms with Gasteiger partial charge in [0.2, 0.25) is 5.91 Å². The molecule has 4 nitrogen and oxygen atoms in total. The third kappa shape index (κ3) is 3.81. The number of aliphatic hydroxyl groups is 2. The van der Waals surface area contributed by atoms with Gasteiger partial charge in [-0.25, -0.2) is 0 Å². The standard InChI is InChI=1S/C16H25NO3/c1-5-14(18)11(2)16(20)17(4)12(3)15(19)13-9-7-6-8-10-13/h6-12,14-15,18-19H,5H2,1-4H3/t11-,12+,14+,15-/m1/s1. The first-order chi connectivity index (χ1) is 9.40. The minimum Gasteiger partial charge on any atom is -0.392 e. The van der Waals surface area contributed by atoms with Gasteiger partial charge in [0.05, 0.1) is 24.2 Å². The second kappa shape index (κ2) is 7.41. The molecule has 0 heterocycles. The number of hydrogen-bond donors (Lipinski definition) is 2. The zero-order valence-electron chi connectivity index (χ0n) is 12.7. The van der Waals surface area contributed by atoms with E-state index in [9.17, 15) is 15.0 Å². The summed E-state index contributed by atoms with van der Waals surface area (Å²) in [5, 5.41) is 20.1. The Balaban J connectivity index is 2.76. The van der Waals surface area contributed by atoms with Crippen LogP contribution >= 0.6 is 0 Å². The van der Waals surface area contributed by atoms with Gasteiger partial charge in [0, 0.05) is 7.05 Å². The van der Waals surface area contributed by atoms with E-state index in [0.717, 1.165) is 5.56 Å². The first kappa shape index (κ1) is 16.7. The van der Waals surface area contributed by atoms with Gasteiger partial charge in [-0.1, -0.05) is 44.2 Å². The van der Waals surface area contributed by atoms with Crippen molar-refractivity contribution in [1.29, 1.82) is 0 Å². The van der Waals surface area contributed by atoms with Crippen LogP contribution in [0.4, 0.5) is 0 Å². The molecule has 0 saturated heterocycles. The van der Waals surface area contributed by atoms with Crippen molar-refractivity contribution < 1.29 is 15.0 Å². The van der Waals surface area contributed by atoms with E-state index < -0.39 is 18.1 Å². The van der Waals surface area contributed by atoms with Crippen LogP contribution in [0.25, 0.3) is 0 Å². The molecule has 1 rings (SSSR count). The third-order valence-corrected chi connectivity index (χ3v) is 3.94. The lowest BCUT2D eigenvalue weighted by atomic mass is 9.98. The van der Waals surface area contributed by atoms with Gasteiger partial charge >= 0.3 is 0 Å². The maximum atomic E-state index is 12.3. The van der Waals surface area contributed by atoms with Crippen LogP contribution < -0.4 is 0 Å². The minimum absolute atomic E-state index is 0.151. The fourth-order valence-electron chi connectivity index (χ4n) is 2.18. The number of carbonyl (C=O) groups excluding carboxylic acids is 1. The van der Waals surface area contributed by atoms with Crippen LogP contribution in [-0.4, -0.2) is 40.2 Å². The van der Waals surface area contributed by atoms with E-state index in [2.05, 4.69) is 0 Å². The number of likely N-dealkylation sites (N-methyl/N-ethyl adjacent to an activating group) is 1. The van der Waals surface area contributed by atoms with Crippen molar-refractivity contribution in [2.24, 2.45) is 5.92 Å². The summed E-state index contributed by atoms with van der Waals surface area (Å²) in [6.45, 7) is 5.37. The van der Waals surface area contributed by atoms with Crippen molar-refractivity contribution in [3.05, 3.63) is 35.9 Å². The van der Waals surface area contributed by atoms with Gasteiger partial charge in [0.1, 0.15) is 0 Å². The van der Waals surface area contributed by atoms with E-state index in [1.165, 1.54) is 4.90 Å². The Morgan fingerprint density at radius 2 is 1.75 bits per heavy atom. The van der Waals surface area contributed by atoms with E-state index in [0.29, 0.717) is 6.42 Å². The van der Waals surface area contributed by atoms with E-state index >= 15 is 0 Å². The average Bonchev–Trinajstić information content (AvgIpc) is 2.51. The molecule has 0 bridgehead atoms. The Morgan fingerprint density at radius 3 is 2.25 bits per heavy atom. The summed E-state index contributed by atoms with van der Waals surface area (Å²) in [5.41, 5.74) is 0.781. The molecule has 112 valence electrons. The maximum absolute atomic E-state index is 12.3. The molecular formula is C16H25NO3. The molecule has 0 fully saturated rings. The highest BCUT2D eigenvalue weighted by molar-refractivity contribution is 5.79. The van der Waals surface area contributed by atoms with Crippen LogP contribution in [0.15, 0.2) is 30.3 Å². The van der Waals surface area contributed by atoms with E-state index in [-0.39, 0.29) is 11.9 Å². The predicted molar refractivity (Wildman–Crippen MR) is 79.1 cm³/mol. The van der Waals surface area contributed by atoms with Gasteiger partial charge in [0.15, 0.2) is 0 Å². The minimum atomic E-state index is -0.740. The van der Waals surface area contributed by atoms with E-state index in [1.807, 2.05) is 37.3 Å². The number of benzene rings is 1. The number of amides is 1. The summed E-state index contributed by atoms with van der Waals surface area (Å²) in [6.07, 6.45) is -0.849. The number of carbonyl (C=O) groups is 1. The second-order valence-corrected chi connectivity index (χ2v) is 5.31. The Hall–Kier alpha value is -1.39. The molecule has 1 aromatic rings. The van der Waals surface area contributed by atoms with Crippen molar-refractivity contribution in [1.82, 2.24) is 4.90 Å². The number of nitrogens with zero attached hydrogens (tertiary/aromatic N) is 1. The molecule has 0 aromatic heterocycles. The van der Waals surface area contributed by atoms with Crippen LogP contribution in [-0.2, 0) is 4.79 Å². The molecule has 4 atom stereocenters. The summed E-state index contributed by atoms with van der Waals surface area (Å²) in [7, 11) is 1.66. The molecule has 1 aromatic carbocycles. The topological polar surface area (TPSA) is 60.8 Å². The summed E-state index contributed by atoms with van der Waals surface area (Å²) in [5.74, 6) is -0.614. The summed E-state index contributed by atoms with van der Waals surface area (Å²) < 4.78 is 0. The first-order valence-corrected chi connectivity index (χ1v) is 7.07. The van der Waals surface area contributed by atoms with Crippen molar-refractivity contribution in [3.8, 4) is 0 Å². The lowest BCUT2D eigenvalue weighted by Gasteiger charge is -2.32. The van der Waals surface area contributed by atoms with Gasteiger partial charge in [-0.15, -0.1) is 0 Å². The Morgan fingerprint density at radius 1 is 1.20 bits per heavy atom. The smallest absolute Gasteiger partial charge is 0.228 e. The van der Waals surface area contributed by atoms with Gasteiger partial charge in [-0.2, -0.15) is 0 Å². The van der Waals surface area contributed by atoms with E-state index in [4.69, 9.17) is 0 Å². The quantitative estimate of drug-likeness (QED) is 0.837. The zero-order chi connectivity index (χ0) is 15.3. The Labute approximate surface area is 121 Å². The van der Waals surface area contributed by atoms with Crippen molar-refractivity contribution in [2.45, 2.75) is 45.4 Å². The highest BCUT2D eigenvalue weighted by Gasteiger charge is 2.29. The highest BCUT2D eigenvalue weighted by Crippen LogP contribution is 2.22. The molecule has 4 heteroatoms. The van der Waals surface area contributed by atoms with Crippen LogP contribution in [0.3, 0.4) is 0 Å². The molecule has 0 aliphatic carbocycles. The largest absolute Gasteiger partial charge is 0.392 e. The fraction of sp³-hybridized carbons (Fsp3) is 0.562. The van der Waals surface area contributed by atoms with Crippen molar-refractivity contribution in [2.75, 3.05) is 7.05 Å². The second-order valence-electron chi connectivity index (χ2n) is 5.31. The SMILES string of the molecule is CC[C@H](O)[C@@H](C)C(=O)N(C)[C@@H](C)[C@@H](O)c1ccccc1. The van der Waals surface area contributed by atoms with Crippen molar-refractivity contribution in [3.63, 3.8) is 0 Å². The molecule has 0 saturated carbocycles. The molecule has 0 unspecified atom stereocenters. The van der Waals surface area contributed by atoms with Crippen molar-refractivity contribution >= 4 is 5.91 Å². The highest BCUT2D eigenvalue weighted by atomic mass is 16.3. The number of rotatable bonds is 6. The molecule has 2 N–H and O–H groups in total. The normalized spacial score (nSPS) is 17.1. The van der Waals surface area contributed by atoms with Crippen LogP contribution in [0, 0.1) is 5.92 Å². The number of hydrogen-bond acceptors (Lipinski definition) is 3. The summed E-state index contributed by atoms with van der Waals surface area (Å²) in [4.78, 5) is 13.8. The Kier molecular flexibility index (Phi) is 6.17. The molecule has 0 spiro atoms. The fourth-order valence-corrected chi connectivity index (χ4v) is 2.18. The summed E-state index contributed by atoms with van der Waals surface area (Å²) >= 11 is 0. The molecular weight excluding hydrogens is 254 g/mol. The van der Waals surface area contributed by atoms with Gasteiger partial charge < -0.3 is 15.1 Å². The molecule has 0 aliphatic rings. The maximum Gasteiger partial charge on any atom is 0.228 e. The lowest BCUT2D eigenvalue weighted by molar-refractivity contribution is -0.141. The third-order valence-electron chi connectivity index (χ3n) is 3.94.